The predicted molar refractivity (Wildman–Crippen MR) is 131 cm³/mol. The summed E-state index contributed by atoms with van der Waals surface area (Å²) in [7, 11) is 1.90. The van der Waals surface area contributed by atoms with Gasteiger partial charge >= 0.3 is 0 Å². The van der Waals surface area contributed by atoms with Crippen LogP contribution in [0, 0.1) is 46.3 Å². The van der Waals surface area contributed by atoms with Crippen LogP contribution in [0.25, 0.3) is 0 Å². The fourth-order valence-electron chi connectivity index (χ4n) is 8.78. The van der Waals surface area contributed by atoms with Crippen LogP contribution in [-0.2, 0) is 4.74 Å². The zero-order valence-electron chi connectivity index (χ0n) is 20.6. The Morgan fingerprint density at radius 3 is 2.58 bits per heavy atom. The number of carbonyl (C=O) groups excluding carboxylic acids is 1. The van der Waals surface area contributed by atoms with Gasteiger partial charge in [0.2, 0.25) is 0 Å². The van der Waals surface area contributed by atoms with Crippen molar-refractivity contribution in [2.45, 2.75) is 90.3 Å². The van der Waals surface area contributed by atoms with E-state index in [1.165, 1.54) is 38.5 Å². The van der Waals surface area contributed by atoms with E-state index in [0.29, 0.717) is 23.4 Å². The normalized spacial score (nSPS) is 41.8. The average molecular weight is 449 g/mol. The minimum atomic E-state index is -0.0774. The van der Waals surface area contributed by atoms with Gasteiger partial charge < -0.3 is 9.84 Å². The molecule has 3 heteroatoms. The number of hydrogen-bond donors (Lipinski definition) is 1. The van der Waals surface area contributed by atoms with Gasteiger partial charge in [0.05, 0.1) is 12.2 Å². The minimum absolute atomic E-state index is 0.0774. The van der Waals surface area contributed by atoms with Crippen molar-refractivity contribution in [1.82, 2.24) is 0 Å². The van der Waals surface area contributed by atoms with Crippen LogP contribution < -0.4 is 0 Å². The monoisotopic (exact) mass is 448 g/mol. The maximum absolute atomic E-state index is 11.6. The van der Waals surface area contributed by atoms with Gasteiger partial charge in [-0.15, -0.1) is 0 Å². The Labute approximate surface area is 199 Å². The number of carbonyl (C=O) groups is 1. The zero-order valence-corrected chi connectivity index (χ0v) is 20.6. The summed E-state index contributed by atoms with van der Waals surface area (Å²) in [5.74, 6) is 10.0. The summed E-state index contributed by atoms with van der Waals surface area (Å²) in [6.45, 7) is 4.16. The van der Waals surface area contributed by atoms with Crippen LogP contribution in [0.1, 0.15) is 94.0 Å². The SMILES string of the molecule is CO[C@H]1CC[C@H]2[C@@H]3CC[C@H]4C[C@H](O)CC[C@]4(C)[C@H]3CC[C@]12CC#Cc1ccc(C(C)=O)cc1. The first-order valence-corrected chi connectivity index (χ1v) is 13.2. The number of rotatable bonds is 3. The first-order valence-electron chi connectivity index (χ1n) is 13.2. The summed E-state index contributed by atoms with van der Waals surface area (Å²) >= 11 is 0. The smallest absolute Gasteiger partial charge is 0.159 e. The Hall–Kier alpha value is -1.63. The van der Waals surface area contributed by atoms with E-state index in [-0.39, 0.29) is 17.3 Å². The van der Waals surface area contributed by atoms with Crippen LogP contribution in [0.3, 0.4) is 0 Å². The molecule has 1 N–H and O–H groups in total. The Balaban J connectivity index is 1.38. The fraction of sp³-hybridized carbons (Fsp3) is 0.700. The van der Waals surface area contributed by atoms with E-state index < -0.39 is 0 Å². The average Bonchev–Trinajstić information content (AvgIpc) is 3.18. The molecular formula is C30H40O3. The lowest BCUT2D eigenvalue weighted by Gasteiger charge is -2.61. The Kier molecular flexibility index (Phi) is 6.21. The molecule has 3 nitrogen and oxygen atoms in total. The lowest BCUT2D eigenvalue weighted by atomic mass is 9.44. The molecule has 0 aliphatic heterocycles. The standard InChI is InChI=1S/C30H40O3/c1-20(31)22-8-6-21(7-9-22)5-4-16-30-18-15-26-25(27(30)12-13-28(30)33-3)11-10-23-19-24(32)14-17-29(23,26)2/h6-9,23-28,32H,10-19H2,1-3H3/t23-,24+,25+,26-,27-,28-,29-,30-/m0/s1. The number of Topliss-reactive ketones (excluding diaryl/α,β-unsaturated/α-hetero) is 1. The molecule has 4 aliphatic rings. The maximum atomic E-state index is 11.6. The lowest BCUT2D eigenvalue weighted by Crippen LogP contribution is -2.55. The second-order valence-corrected chi connectivity index (χ2v) is 11.8. The lowest BCUT2D eigenvalue weighted by molar-refractivity contribution is -0.141. The van der Waals surface area contributed by atoms with Gasteiger partial charge in [0, 0.05) is 30.1 Å². The van der Waals surface area contributed by atoms with E-state index in [2.05, 4.69) is 18.8 Å². The molecular weight excluding hydrogens is 408 g/mol. The molecule has 33 heavy (non-hydrogen) atoms. The Morgan fingerprint density at radius 1 is 1.06 bits per heavy atom. The quantitative estimate of drug-likeness (QED) is 0.454. The molecule has 1 aromatic rings. The number of fused-ring (bicyclic) bond motifs is 5. The molecule has 0 unspecified atom stereocenters. The topological polar surface area (TPSA) is 46.5 Å². The number of hydrogen-bond acceptors (Lipinski definition) is 3. The largest absolute Gasteiger partial charge is 0.393 e. The number of ether oxygens (including phenoxy) is 1. The third-order valence-electron chi connectivity index (χ3n) is 10.5. The molecule has 1 aromatic carbocycles. The van der Waals surface area contributed by atoms with Crippen molar-refractivity contribution in [1.29, 1.82) is 0 Å². The highest BCUT2D eigenvalue weighted by atomic mass is 16.5. The molecule has 4 aliphatic carbocycles. The van der Waals surface area contributed by atoms with Crippen molar-refractivity contribution >= 4 is 5.78 Å². The molecule has 0 saturated heterocycles. The van der Waals surface area contributed by atoms with Gasteiger partial charge in [0.15, 0.2) is 5.78 Å². The van der Waals surface area contributed by atoms with Crippen LogP contribution in [0.15, 0.2) is 24.3 Å². The molecule has 5 rings (SSSR count). The molecule has 0 amide bonds. The van der Waals surface area contributed by atoms with Gasteiger partial charge in [0.1, 0.15) is 0 Å². The van der Waals surface area contributed by atoms with Gasteiger partial charge in [-0.1, -0.05) is 30.9 Å². The third kappa shape index (κ3) is 3.88. The van der Waals surface area contributed by atoms with Crippen LogP contribution in [0.2, 0.25) is 0 Å². The molecule has 4 fully saturated rings. The zero-order chi connectivity index (χ0) is 23.2. The minimum Gasteiger partial charge on any atom is -0.393 e. The summed E-state index contributed by atoms with van der Waals surface area (Å²) < 4.78 is 6.12. The predicted octanol–water partition coefficient (Wildman–Crippen LogP) is 6.03. The Bertz CT molecular complexity index is 940. The first kappa shape index (κ1) is 23.1. The molecule has 178 valence electrons. The van der Waals surface area contributed by atoms with Crippen LogP contribution in [0.4, 0.5) is 0 Å². The maximum Gasteiger partial charge on any atom is 0.159 e. The van der Waals surface area contributed by atoms with Crippen LogP contribution in [0.5, 0.6) is 0 Å². The van der Waals surface area contributed by atoms with E-state index in [1.807, 2.05) is 31.4 Å². The van der Waals surface area contributed by atoms with Gasteiger partial charge in [-0.2, -0.15) is 0 Å². The summed E-state index contributed by atoms with van der Waals surface area (Å²) in [6.07, 6.45) is 11.9. The van der Waals surface area contributed by atoms with E-state index in [0.717, 1.165) is 48.6 Å². The van der Waals surface area contributed by atoms with Crippen LogP contribution in [-0.4, -0.2) is 30.2 Å². The van der Waals surface area contributed by atoms with Crippen molar-refractivity contribution in [3.8, 4) is 11.8 Å². The number of aliphatic hydroxyl groups excluding tert-OH is 1. The van der Waals surface area contributed by atoms with Gasteiger partial charge in [0.25, 0.3) is 0 Å². The second kappa shape index (κ2) is 8.86. The van der Waals surface area contributed by atoms with Gasteiger partial charge in [-0.05, 0) is 106 Å². The van der Waals surface area contributed by atoms with Gasteiger partial charge in [-0.25, -0.2) is 0 Å². The van der Waals surface area contributed by atoms with Crippen molar-refractivity contribution in [2.24, 2.45) is 34.5 Å². The van der Waals surface area contributed by atoms with Crippen molar-refractivity contribution in [3.05, 3.63) is 35.4 Å². The Morgan fingerprint density at radius 2 is 1.85 bits per heavy atom. The second-order valence-electron chi connectivity index (χ2n) is 11.8. The number of methoxy groups -OCH3 is 1. The van der Waals surface area contributed by atoms with Gasteiger partial charge in [-0.3, -0.25) is 4.79 Å². The summed E-state index contributed by atoms with van der Waals surface area (Å²) in [5, 5.41) is 10.3. The molecule has 0 spiro atoms. The molecule has 4 saturated carbocycles. The summed E-state index contributed by atoms with van der Waals surface area (Å²) in [4.78, 5) is 11.6. The highest BCUT2D eigenvalue weighted by molar-refractivity contribution is 5.94. The van der Waals surface area contributed by atoms with Crippen molar-refractivity contribution in [2.75, 3.05) is 7.11 Å². The molecule has 0 bridgehead atoms. The molecule has 0 radical (unpaired) electrons. The van der Waals surface area contributed by atoms with Crippen LogP contribution >= 0.6 is 0 Å². The van der Waals surface area contributed by atoms with E-state index >= 15 is 0 Å². The highest BCUT2D eigenvalue weighted by Gasteiger charge is 2.61. The number of aliphatic hydroxyl groups is 1. The molecule has 0 heterocycles. The van der Waals surface area contributed by atoms with E-state index in [1.54, 1.807) is 6.92 Å². The van der Waals surface area contributed by atoms with E-state index in [4.69, 9.17) is 4.74 Å². The highest BCUT2D eigenvalue weighted by Crippen LogP contribution is 2.67. The summed E-state index contributed by atoms with van der Waals surface area (Å²) in [6, 6.07) is 7.70. The summed E-state index contributed by atoms with van der Waals surface area (Å²) in [5.41, 5.74) is 2.32. The molecule has 0 aromatic heterocycles. The fourth-order valence-corrected chi connectivity index (χ4v) is 8.78. The van der Waals surface area contributed by atoms with E-state index in [9.17, 15) is 9.90 Å². The molecule has 8 atom stereocenters. The van der Waals surface area contributed by atoms with Crippen molar-refractivity contribution in [3.63, 3.8) is 0 Å². The number of benzene rings is 1. The number of ketones is 1. The third-order valence-corrected chi connectivity index (χ3v) is 10.5. The van der Waals surface area contributed by atoms with Crippen molar-refractivity contribution < 1.29 is 14.6 Å². The first-order chi connectivity index (χ1) is 15.9.